The van der Waals surface area contributed by atoms with E-state index < -0.39 is 5.97 Å². The van der Waals surface area contributed by atoms with Gasteiger partial charge in [0.15, 0.2) is 0 Å². The zero-order valence-electron chi connectivity index (χ0n) is 7.45. The van der Waals surface area contributed by atoms with Gasteiger partial charge in [0.2, 0.25) is 0 Å². The Morgan fingerprint density at radius 3 is 2.86 bits per heavy atom. The van der Waals surface area contributed by atoms with E-state index in [0.29, 0.717) is 5.47 Å². The second kappa shape index (κ2) is 3.22. The lowest BCUT2D eigenvalue weighted by Gasteiger charge is -2.20. The monoisotopic (exact) mass is 185 g/mol. The summed E-state index contributed by atoms with van der Waals surface area (Å²) in [5.74, 6) is -0.968. The molecule has 1 heterocycles. The van der Waals surface area contributed by atoms with Crippen molar-refractivity contribution in [3.05, 3.63) is 35.4 Å². The fourth-order valence-corrected chi connectivity index (χ4v) is 1.50. The van der Waals surface area contributed by atoms with Crippen LogP contribution in [0.1, 0.15) is 5.56 Å². The van der Waals surface area contributed by atoms with Crippen LogP contribution in [-0.2, 0) is 4.79 Å². The molecular formula is C10H8BNO2. The number of fused-ring (bicyclic) bond motifs is 1. The van der Waals surface area contributed by atoms with Gasteiger partial charge in [-0.05, 0) is 11.6 Å². The molecule has 1 aromatic carbocycles. The van der Waals surface area contributed by atoms with Gasteiger partial charge < -0.3 is 10.4 Å². The van der Waals surface area contributed by atoms with Crippen molar-refractivity contribution < 1.29 is 9.90 Å². The normalized spacial score (nSPS) is 14.6. The van der Waals surface area contributed by atoms with E-state index in [9.17, 15) is 4.79 Å². The first-order chi connectivity index (χ1) is 6.70. The van der Waals surface area contributed by atoms with Crippen molar-refractivity contribution in [1.29, 1.82) is 0 Å². The zero-order valence-corrected chi connectivity index (χ0v) is 7.45. The summed E-state index contributed by atoms with van der Waals surface area (Å²) in [5, 5.41) is 11.9. The lowest BCUT2D eigenvalue weighted by Crippen LogP contribution is -2.19. The molecule has 2 radical (unpaired) electrons. The zero-order chi connectivity index (χ0) is 10.1. The highest BCUT2D eigenvalue weighted by Crippen LogP contribution is 2.28. The first-order valence-corrected chi connectivity index (χ1v) is 4.25. The molecule has 2 N–H and O–H groups in total. The van der Waals surface area contributed by atoms with E-state index in [2.05, 4.69) is 5.32 Å². The lowest BCUT2D eigenvalue weighted by atomic mass is 9.81. The van der Waals surface area contributed by atoms with Crippen LogP contribution in [-0.4, -0.2) is 25.5 Å². The van der Waals surface area contributed by atoms with Gasteiger partial charge in [-0.1, -0.05) is 23.7 Å². The van der Waals surface area contributed by atoms with Crippen LogP contribution in [0.4, 0.5) is 5.69 Å². The Bertz CT molecular complexity index is 426. The van der Waals surface area contributed by atoms with E-state index in [1.807, 2.05) is 18.2 Å². The minimum absolute atomic E-state index is 0.226. The molecule has 0 saturated carbocycles. The van der Waals surface area contributed by atoms with Crippen molar-refractivity contribution in [1.82, 2.24) is 0 Å². The van der Waals surface area contributed by atoms with E-state index in [4.69, 9.17) is 13.0 Å². The molecular weight excluding hydrogens is 177 g/mol. The molecule has 14 heavy (non-hydrogen) atoms. The van der Waals surface area contributed by atoms with Crippen LogP contribution in [0.25, 0.3) is 5.47 Å². The summed E-state index contributed by atoms with van der Waals surface area (Å²) in [4.78, 5) is 10.8. The molecule has 1 aliphatic rings. The molecule has 0 saturated heterocycles. The number of rotatable bonds is 1. The minimum Gasteiger partial charge on any atom is -0.478 e. The van der Waals surface area contributed by atoms with E-state index in [-0.39, 0.29) is 12.1 Å². The van der Waals surface area contributed by atoms with Gasteiger partial charge in [-0.3, -0.25) is 0 Å². The van der Waals surface area contributed by atoms with Crippen molar-refractivity contribution >= 4 is 25.0 Å². The van der Waals surface area contributed by atoms with Crippen LogP contribution >= 0.6 is 0 Å². The van der Waals surface area contributed by atoms with Gasteiger partial charge in [-0.15, -0.1) is 0 Å². The minimum atomic E-state index is -0.968. The number of carboxylic acids is 1. The lowest BCUT2D eigenvalue weighted by molar-refractivity contribution is -0.132. The fraction of sp³-hybridized carbons (Fsp3) is 0.100. The fourth-order valence-electron chi connectivity index (χ4n) is 1.50. The van der Waals surface area contributed by atoms with E-state index >= 15 is 0 Å². The molecule has 68 valence electrons. The molecule has 0 atom stereocenters. The molecule has 0 fully saturated rings. The Balaban J connectivity index is 2.56. The molecule has 4 heteroatoms. The van der Waals surface area contributed by atoms with Gasteiger partial charge in [-0.2, -0.15) is 0 Å². The molecule has 0 aliphatic carbocycles. The predicted octanol–water partition coefficient (Wildman–Crippen LogP) is 1.08. The van der Waals surface area contributed by atoms with Crippen molar-refractivity contribution in [3.8, 4) is 0 Å². The van der Waals surface area contributed by atoms with Crippen molar-refractivity contribution in [2.45, 2.75) is 0 Å². The third kappa shape index (κ3) is 1.29. The third-order valence-electron chi connectivity index (χ3n) is 2.26. The number of carbonyl (C=O) groups is 1. The molecule has 0 unspecified atom stereocenters. The Kier molecular flexibility index (Phi) is 2.04. The van der Waals surface area contributed by atoms with Gasteiger partial charge in [0.05, 0.1) is 0 Å². The van der Waals surface area contributed by atoms with Gasteiger partial charge in [0.1, 0.15) is 7.85 Å². The van der Waals surface area contributed by atoms with Crippen LogP contribution in [0.2, 0.25) is 0 Å². The summed E-state index contributed by atoms with van der Waals surface area (Å²) in [6.07, 6.45) is 0. The Labute approximate surface area is 82.9 Å². The first-order valence-electron chi connectivity index (χ1n) is 4.25. The maximum Gasteiger partial charge on any atom is 0.332 e. The highest BCUT2D eigenvalue weighted by atomic mass is 16.4. The highest BCUT2D eigenvalue weighted by Gasteiger charge is 2.18. The van der Waals surface area contributed by atoms with E-state index in [1.165, 1.54) is 0 Å². The maximum atomic E-state index is 10.8. The largest absolute Gasteiger partial charge is 0.478 e. The molecule has 3 nitrogen and oxygen atoms in total. The number of hydrogen-bond acceptors (Lipinski definition) is 2. The number of aliphatic carboxylic acids is 1. The summed E-state index contributed by atoms with van der Waals surface area (Å²) in [6, 6.07) is 7.39. The quantitative estimate of drug-likeness (QED) is 0.643. The van der Waals surface area contributed by atoms with Gasteiger partial charge >= 0.3 is 5.97 Å². The first kappa shape index (κ1) is 8.87. The number of hydrogen-bond donors (Lipinski definition) is 2. The number of anilines is 1. The third-order valence-corrected chi connectivity index (χ3v) is 2.26. The molecule has 2 rings (SSSR count). The second-order valence-electron chi connectivity index (χ2n) is 3.10. The number of para-hydroxylation sites is 1. The van der Waals surface area contributed by atoms with Gasteiger partial charge in [-0.25, -0.2) is 4.79 Å². The van der Waals surface area contributed by atoms with Crippen LogP contribution in [0.5, 0.6) is 0 Å². The Hall–Kier alpha value is -1.71. The number of benzene rings is 1. The smallest absolute Gasteiger partial charge is 0.332 e. The average Bonchev–Trinajstić information content (AvgIpc) is 2.18. The standard InChI is InChI=1S/C10H8BNO2/c11-9-6-3-1-2-4-8(6)12-5-7(9)10(13)14/h1-4,12H,5H2,(H,13,14). The molecule has 1 aromatic rings. The second-order valence-corrected chi connectivity index (χ2v) is 3.10. The average molecular weight is 185 g/mol. The SMILES string of the molecule is [B]C1=C(C(=O)O)CNc2ccccc21. The van der Waals surface area contributed by atoms with Gasteiger partial charge in [0.25, 0.3) is 0 Å². The van der Waals surface area contributed by atoms with Crippen LogP contribution in [0.3, 0.4) is 0 Å². The molecule has 0 amide bonds. The summed E-state index contributed by atoms with van der Waals surface area (Å²) in [7, 11) is 5.75. The molecule has 1 aliphatic heterocycles. The Morgan fingerprint density at radius 1 is 1.43 bits per heavy atom. The Morgan fingerprint density at radius 2 is 2.14 bits per heavy atom. The van der Waals surface area contributed by atoms with Crippen molar-refractivity contribution in [3.63, 3.8) is 0 Å². The summed E-state index contributed by atoms with van der Waals surface area (Å²) >= 11 is 0. The summed E-state index contributed by atoms with van der Waals surface area (Å²) in [5.41, 5.74) is 2.22. The number of nitrogens with one attached hydrogen (secondary N) is 1. The van der Waals surface area contributed by atoms with Crippen molar-refractivity contribution in [2.24, 2.45) is 0 Å². The van der Waals surface area contributed by atoms with Crippen molar-refractivity contribution in [2.75, 3.05) is 11.9 Å². The van der Waals surface area contributed by atoms with Crippen LogP contribution in [0.15, 0.2) is 29.8 Å². The van der Waals surface area contributed by atoms with Crippen LogP contribution in [0, 0.1) is 0 Å². The van der Waals surface area contributed by atoms with E-state index in [0.717, 1.165) is 11.3 Å². The number of carboxylic acid groups (broad SMARTS) is 1. The molecule has 0 bridgehead atoms. The van der Waals surface area contributed by atoms with E-state index in [1.54, 1.807) is 6.07 Å². The summed E-state index contributed by atoms with van der Waals surface area (Å²) in [6.45, 7) is 0.276. The molecule has 0 spiro atoms. The van der Waals surface area contributed by atoms with Gasteiger partial charge in [0, 0.05) is 17.8 Å². The molecule has 0 aromatic heterocycles. The summed E-state index contributed by atoms with van der Waals surface area (Å²) < 4.78 is 0. The maximum absolute atomic E-state index is 10.8. The highest BCUT2D eigenvalue weighted by molar-refractivity contribution is 6.46. The predicted molar refractivity (Wildman–Crippen MR) is 55.2 cm³/mol. The van der Waals surface area contributed by atoms with Crippen LogP contribution < -0.4 is 5.32 Å². The topological polar surface area (TPSA) is 49.3 Å².